The van der Waals surface area contributed by atoms with Crippen LogP contribution in [0.4, 0.5) is 0 Å². The molecule has 0 aromatic carbocycles. The van der Waals surface area contributed by atoms with E-state index in [-0.39, 0.29) is 0 Å². The summed E-state index contributed by atoms with van der Waals surface area (Å²) in [6.07, 6.45) is 0. The largest absolute Gasteiger partial charge is 0.253 e. The van der Waals surface area contributed by atoms with Crippen LogP contribution in [0, 0.1) is 0 Å². The van der Waals surface area contributed by atoms with E-state index in [0.29, 0.717) is 35.8 Å². The number of hydrogen-bond donors (Lipinski definition) is 0. The second-order valence-corrected chi connectivity index (χ2v) is 14.9. The van der Waals surface area contributed by atoms with Crippen LogP contribution in [0.5, 0.6) is 0 Å². The number of rotatable bonds is 3. The lowest BCUT2D eigenvalue weighted by atomic mass is 11.8. The summed E-state index contributed by atoms with van der Waals surface area (Å²) >= 11 is 52.1. The minimum absolute atomic E-state index is 0.704. The van der Waals surface area contributed by atoms with Gasteiger partial charge in [-0.15, -0.1) is 3.12 Å². The number of nitrogens with zero attached hydrogens (tertiary/aromatic N) is 1. The van der Waals surface area contributed by atoms with Crippen LogP contribution in [-0.2, 0) is 0 Å². The smallest absolute Gasteiger partial charge is 0.125 e. The maximum Gasteiger partial charge on any atom is 0.253 e. The van der Waals surface area contributed by atoms with E-state index in [1.165, 1.54) is 3.12 Å². The minimum atomic E-state index is -1.67. The maximum absolute atomic E-state index is 5.55. The van der Waals surface area contributed by atoms with Crippen molar-refractivity contribution >= 4 is 140 Å². The normalized spacial score (nSPS) is 14.6. The van der Waals surface area contributed by atoms with Gasteiger partial charge >= 0.3 is 0 Å². The fraction of sp³-hybridized carbons (Fsp3) is 1.00. The Balaban J connectivity index is 4.53. The second-order valence-electron chi connectivity index (χ2n) is 1.83. The monoisotopic (exact) mass is 461 g/mol. The van der Waals surface area contributed by atoms with Gasteiger partial charge in [0.15, 0.2) is 0 Å². The average Bonchev–Trinajstić information content (AvgIpc) is 1.70. The Labute approximate surface area is 151 Å². The van der Waals surface area contributed by atoms with Crippen LogP contribution in [0.3, 0.4) is 0 Å². The first-order valence-electron chi connectivity index (χ1n) is 2.86. The first-order chi connectivity index (χ1) is 6.79. The summed E-state index contributed by atoms with van der Waals surface area (Å²) in [6.45, 7) is 0. The molecule has 0 aliphatic heterocycles. The molecular weight excluding hydrogens is 465 g/mol. The van der Waals surface area contributed by atoms with Crippen molar-refractivity contribution in [2.75, 3.05) is 0 Å². The zero-order chi connectivity index (χ0) is 13.2. The standard InChI is InChI=1S/C3Cl9NS3/c4-1(5,6)14-13(15-2(7,8)9)16-3(10,11)12. The van der Waals surface area contributed by atoms with E-state index in [0.717, 1.165) is 0 Å². The van der Waals surface area contributed by atoms with E-state index in [2.05, 4.69) is 0 Å². The van der Waals surface area contributed by atoms with Gasteiger partial charge in [-0.1, -0.05) is 104 Å². The maximum atomic E-state index is 5.55. The van der Waals surface area contributed by atoms with Crippen molar-refractivity contribution in [2.45, 2.75) is 9.37 Å². The van der Waals surface area contributed by atoms with Crippen molar-refractivity contribution < 1.29 is 0 Å². The Morgan fingerprint density at radius 1 is 0.500 bits per heavy atom. The summed E-state index contributed by atoms with van der Waals surface area (Å²) < 4.78 is -3.84. The first kappa shape index (κ1) is 19.6. The van der Waals surface area contributed by atoms with Gasteiger partial charge < -0.3 is 0 Å². The molecule has 13 heteroatoms. The van der Waals surface area contributed by atoms with E-state index in [9.17, 15) is 0 Å². The lowest BCUT2D eigenvalue weighted by molar-refractivity contribution is 1.25. The molecule has 0 aromatic heterocycles. The van der Waals surface area contributed by atoms with E-state index in [1.54, 1.807) is 0 Å². The molecule has 1 nitrogen and oxygen atoms in total. The van der Waals surface area contributed by atoms with Gasteiger partial charge in [-0.25, -0.2) is 0 Å². The molecular formula is C3Cl9NS3. The Morgan fingerprint density at radius 3 is 0.812 bits per heavy atom. The van der Waals surface area contributed by atoms with Gasteiger partial charge in [0, 0.05) is 35.8 Å². The highest BCUT2D eigenvalue weighted by atomic mass is 35.6. The molecule has 0 radical (unpaired) electrons. The second kappa shape index (κ2) is 7.58. The SMILES string of the molecule is ClC(Cl)(Cl)SN(SC(Cl)(Cl)Cl)SC(Cl)(Cl)Cl. The molecule has 98 valence electrons. The van der Waals surface area contributed by atoms with Gasteiger partial charge in [0.1, 0.15) is 0 Å². The van der Waals surface area contributed by atoms with E-state index in [4.69, 9.17) is 104 Å². The van der Waals surface area contributed by atoms with E-state index in [1.807, 2.05) is 0 Å². The van der Waals surface area contributed by atoms with Crippen molar-refractivity contribution in [3.8, 4) is 0 Å². The molecule has 0 saturated carbocycles. The molecule has 0 rings (SSSR count). The molecule has 0 unspecified atom stereocenters. The highest BCUT2D eigenvalue weighted by Crippen LogP contribution is 2.57. The average molecular weight is 465 g/mol. The number of halogens is 9. The van der Waals surface area contributed by atoms with Crippen molar-refractivity contribution in [3.63, 3.8) is 0 Å². The number of alkyl halides is 9. The Hall–Kier alpha value is 3.62. The van der Waals surface area contributed by atoms with Crippen LogP contribution >= 0.6 is 140 Å². The summed E-state index contributed by atoms with van der Waals surface area (Å²) in [5, 5.41) is 0. The predicted octanol–water partition coefficient (Wildman–Crippen LogP) is 7.22. The third kappa shape index (κ3) is 14.0. The molecule has 16 heavy (non-hydrogen) atoms. The molecule has 0 N–H and O–H groups in total. The molecule has 0 aromatic rings. The van der Waals surface area contributed by atoms with Crippen LogP contribution in [0.1, 0.15) is 0 Å². The lowest BCUT2D eigenvalue weighted by Crippen LogP contribution is -2.14. The Kier molecular flexibility index (Phi) is 9.29. The summed E-state index contributed by atoms with van der Waals surface area (Å²) in [5.74, 6) is 0. The summed E-state index contributed by atoms with van der Waals surface area (Å²) in [7, 11) is 0. The van der Waals surface area contributed by atoms with Crippen molar-refractivity contribution in [3.05, 3.63) is 0 Å². The van der Waals surface area contributed by atoms with Crippen LogP contribution in [0.25, 0.3) is 0 Å². The Bertz CT molecular complexity index is 179. The van der Waals surface area contributed by atoms with Crippen LogP contribution < -0.4 is 0 Å². The summed E-state index contributed by atoms with van der Waals surface area (Å²) in [6, 6.07) is 0. The minimum Gasteiger partial charge on any atom is -0.125 e. The molecule has 0 spiro atoms. The van der Waals surface area contributed by atoms with Crippen molar-refractivity contribution in [1.82, 2.24) is 3.12 Å². The molecule has 0 aliphatic carbocycles. The third-order valence-electron chi connectivity index (χ3n) is 0.534. The van der Waals surface area contributed by atoms with Gasteiger partial charge in [-0.3, -0.25) is 0 Å². The quantitative estimate of drug-likeness (QED) is 0.320. The first-order valence-corrected chi connectivity index (χ1v) is 8.58. The molecule has 0 atom stereocenters. The van der Waals surface area contributed by atoms with Gasteiger partial charge in [0.25, 0.3) is 9.37 Å². The fourth-order valence-electron chi connectivity index (χ4n) is 0.309. The zero-order valence-corrected chi connectivity index (χ0v) is 15.8. The highest BCUT2D eigenvalue weighted by Gasteiger charge is 2.37. The van der Waals surface area contributed by atoms with Crippen LogP contribution in [-0.4, -0.2) is 12.5 Å². The number of hydrogen-bond acceptors (Lipinski definition) is 4. The van der Waals surface area contributed by atoms with Crippen LogP contribution in [0.15, 0.2) is 0 Å². The van der Waals surface area contributed by atoms with Gasteiger partial charge in [0.2, 0.25) is 0 Å². The molecule has 0 fully saturated rings. The Morgan fingerprint density at radius 2 is 0.688 bits per heavy atom. The molecule has 0 heterocycles. The van der Waals surface area contributed by atoms with E-state index >= 15 is 0 Å². The highest BCUT2D eigenvalue weighted by molar-refractivity contribution is 8.29. The molecule has 0 aliphatic rings. The van der Waals surface area contributed by atoms with E-state index < -0.39 is 9.37 Å². The molecule has 0 amide bonds. The van der Waals surface area contributed by atoms with Gasteiger partial charge in [0.05, 0.1) is 0 Å². The third-order valence-corrected chi connectivity index (χ3v) is 4.81. The zero-order valence-electron chi connectivity index (χ0n) is 6.57. The van der Waals surface area contributed by atoms with Crippen molar-refractivity contribution in [1.29, 1.82) is 0 Å². The fourth-order valence-corrected chi connectivity index (χ4v) is 7.35. The molecule has 0 bridgehead atoms. The van der Waals surface area contributed by atoms with Crippen LogP contribution in [0.2, 0.25) is 0 Å². The predicted molar refractivity (Wildman–Crippen MR) is 85.5 cm³/mol. The summed E-state index contributed by atoms with van der Waals surface area (Å²) in [5.41, 5.74) is 0. The van der Waals surface area contributed by atoms with Gasteiger partial charge in [-0.05, 0) is 0 Å². The molecule has 0 saturated heterocycles. The lowest BCUT2D eigenvalue weighted by Gasteiger charge is -2.26. The van der Waals surface area contributed by atoms with Gasteiger partial charge in [-0.2, -0.15) is 0 Å². The summed E-state index contributed by atoms with van der Waals surface area (Å²) in [4.78, 5) is 0. The topological polar surface area (TPSA) is 3.24 Å². The van der Waals surface area contributed by atoms with Crippen molar-refractivity contribution in [2.24, 2.45) is 0 Å².